The van der Waals surface area contributed by atoms with E-state index in [-0.39, 0.29) is 18.4 Å². The number of rotatable bonds is 7. The van der Waals surface area contributed by atoms with E-state index in [0.29, 0.717) is 6.42 Å². The van der Waals surface area contributed by atoms with E-state index >= 15 is 0 Å². The zero-order valence-corrected chi connectivity index (χ0v) is 13.6. The average Bonchev–Trinajstić information content (AvgIpc) is 2.88. The molecular formula is C17H22N2O4. The highest BCUT2D eigenvalue weighted by Crippen LogP contribution is 2.21. The van der Waals surface area contributed by atoms with Crippen molar-refractivity contribution < 1.29 is 19.4 Å². The summed E-state index contributed by atoms with van der Waals surface area (Å²) in [4.78, 5) is 23.4. The van der Waals surface area contributed by atoms with Crippen molar-refractivity contribution in [3.05, 3.63) is 30.5 Å². The van der Waals surface area contributed by atoms with Crippen molar-refractivity contribution in [3.8, 4) is 5.75 Å². The summed E-state index contributed by atoms with van der Waals surface area (Å²) in [7, 11) is 1.60. The minimum absolute atomic E-state index is 0.0811. The van der Waals surface area contributed by atoms with Crippen molar-refractivity contribution in [2.75, 3.05) is 7.11 Å². The van der Waals surface area contributed by atoms with Gasteiger partial charge in [-0.05, 0) is 36.6 Å². The van der Waals surface area contributed by atoms with Gasteiger partial charge in [-0.25, -0.2) is 4.79 Å². The van der Waals surface area contributed by atoms with Crippen LogP contribution in [0.5, 0.6) is 5.75 Å². The van der Waals surface area contributed by atoms with Crippen LogP contribution < -0.4 is 10.1 Å². The number of amides is 1. The number of fused-ring (bicyclic) bond motifs is 1. The second-order valence-electron chi connectivity index (χ2n) is 5.96. The van der Waals surface area contributed by atoms with Crippen LogP contribution in [0, 0.1) is 5.92 Å². The number of nitrogens with zero attached hydrogens (tertiary/aromatic N) is 1. The van der Waals surface area contributed by atoms with Gasteiger partial charge in [-0.3, -0.25) is 4.79 Å². The Morgan fingerprint density at radius 1 is 1.30 bits per heavy atom. The molecule has 2 N–H and O–H groups in total. The van der Waals surface area contributed by atoms with E-state index in [1.807, 2.05) is 44.3 Å². The Labute approximate surface area is 135 Å². The molecule has 0 bridgehead atoms. The fraction of sp³-hybridized carbons (Fsp3) is 0.412. The topological polar surface area (TPSA) is 80.6 Å². The van der Waals surface area contributed by atoms with E-state index in [9.17, 15) is 14.7 Å². The van der Waals surface area contributed by atoms with Crippen LogP contribution in [0.25, 0.3) is 10.9 Å². The molecule has 6 heteroatoms. The lowest BCUT2D eigenvalue weighted by Gasteiger charge is -2.17. The Bertz CT molecular complexity index is 706. The summed E-state index contributed by atoms with van der Waals surface area (Å²) in [5.74, 6) is -0.376. The number of hydrogen-bond donors (Lipinski definition) is 2. The van der Waals surface area contributed by atoms with Gasteiger partial charge in [-0.15, -0.1) is 0 Å². The Balaban J connectivity index is 2.09. The highest BCUT2D eigenvalue weighted by molar-refractivity contribution is 5.86. The van der Waals surface area contributed by atoms with Crippen LogP contribution >= 0.6 is 0 Å². The molecular weight excluding hydrogens is 296 g/mol. The van der Waals surface area contributed by atoms with Crippen LogP contribution in [0.15, 0.2) is 30.5 Å². The zero-order valence-electron chi connectivity index (χ0n) is 13.6. The van der Waals surface area contributed by atoms with Crippen LogP contribution in [0.4, 0.5) is 0 Å². The van der Waals surface area contributed by atoms with Crippen molar-refractivity contribution in [1.82, 2.24) is 9.88 Å². The third kappa shape index (κ3) is 4.25. The van der Waals surface area contributed by atoms with E-state index in [4.69, 9.17) is 4.74 Å². The Kier molecular flexibility index (Phi) is 5.26. The molecule has 0 radical (unpaired) electrons. The monoisotopic (exact) mass is 318 g/mol. The van der Waals surface area contributed by atoms with Crippen molar-refractivity contribution >= 4 is 22.8 Å². The molecule has 2 rings (SSSR count). The van der Waals surface area contributed by atoms with E-state index in [1.165, 1.54) is 0 Å². The molecule has 0 fully saturated rings. The zero-order chi connectivity index (χ0) is 17.0. The molecule has 0 aliphatic heterocycles. The minimum atomic E-state index is -1.01. The second kappa shape index (κ2) is 7.17. The van der Waals surface area contributed by atoms with Crippen molar-refractivity contribution in [1.29, 1.82) is 0 Å². The number of carboxylic acid groups (broad SMARTS) is 1. The molecule has 23 heavy (non-hydrogen) atoms. The molecule has 1 aromatic heterocycles. The maximum atomic E-state index is 12.2. The summed E-state index contributed by atoms with van der Waals surface area (Å²) in [5.41, 5.74) is 0.900. The quantitative estimate of drug-likeness (QED) is 0.820. The van der Waals surface area contributed by atoms with Crippen molar-refractivity contribution in [3.63, 3.8) is 0 Å². The molecule has 1 heterocycles. The van der Waals surface area contributed by atoms with Gasteiger partial charge in [0.2, 0.25) is 5.91 Å². The van der Waals surface area contributed by atoms with Gasteiger partial charge in [0.05, 0.1) is 7.11 Å². The molecule has 0 saturated carbocycles. The number of carbonyl (C=O) groups excluding carboxylic acids is 1. The van der Waals surface area contributed by atoms with E-state index < -0.39 is 12.0 Å². The summed E-state index contributed by atoms with van der Waals surface area (Å²) in [6.45, 7) is 3.93. The van der Waals surface area contributed by atoms with Crippen LogP contribution in [0.1, 0.15) is 20.3 Å². The van der Waals surface area contributed by atoms with E-state index in [0.717, 1.165) is 16.7 Å². The SMILES string of the molecule is COc1ccc2c(ccn2CC(=O)N[C@@H](CC(C)C)C(=O)O)c1. The summed E-state index contributed by atoms with van der Waals surface area (Å²) in [6, 6.07) is 6.64. The maximum absolute atomic E-state index is 12.2. The third-order valence-electron chi connectivity index (χ3n) is 3.63. The lowest BCUT2D eigenvalue weighted by molar-refractivity contribution is -0.142. The number of ether oxygens (including phenoxy) is 1. The highest BCUT2D eigenvalue weighted by Gasteiger charge is 2.21. The summed E-state index contributed by atoms with van der Waals surface area (Å²) in [6.07, 6.45) is 2.21. The average molecular weight is 318 g/mol. The molecule has 1 atom stereocenters. The Morgan fingerprint density at radius 3 is 2.65 bits per heavy atom. The predicted molar refractivity (Wildman–Crippen MR) is 87.5 cm³/mol. The van der Waals surface area contributed by atoms with E-state index in [1.54, 1.807) is 11.7 Å². The first-order valence-electron chi connectivity index (χ1n) is 7.55. The first kappa shape index (κ1) is 16.9. The highest BCUT2D eigenvalue weighted by atomic mass is 16.5. The number of hydrogen-bond acceptors (Lipinski definition) is 3. The van der Waals surface area contributed by atoms with Crippen LogP contribution in [-0.2, 0) is 16.1 Å². The van der Waals surface area contributed by atoms with Crippen molar-refractivity contribution in [2.45, 2.75) is 32.9 Å². The number of nitrogens with one attached hydrogen (secondary N) is 1. The molecule has 6 nitrogen and oxygen atoms in total. The maximum Gasteiger partial charge on any atom is 0.326 e. The molecule has 1 aromatic carbocycles. The lowest BCUT2D eigenvalue weighted by atomic mass is 10.0. The lowest BCUT2D eigenvalue weighted by Crippen LogP contribution is -2.43. The molecule has 0 unspecified atom stereocenters. The normalized spacial score (nSPS) is 12.3. The largest absolute Gasteiger partial charge is 0.497 e. The van der Waals surface area contributed by atoms with Crippen molar-refractivity contribution in [2.24, 2.45) is 5.92 Å². The van der Waals surface area contributed by atoms with Gasteiger partial charge in [0.25, 0.3) is 0 Å². The van der Waals surface area contributed by atoms with E-state index in [2.05, 4.69) is 5.32 Å². The molecule has 2 aromatic rings. The van der Waals surface area contributed by atoms with Gasteiger partial charge >= 0.3 is 5.97 Å². The molecule has 124 valence electrons. The molecule has 0 spiro atoms. The number of benzene rings is 1. The van der Waals surface area contributed by atoms with Gasteiger partial charge in [0.1, 0.15) is 18.3 Å². The number of methoxy groups -OCH3 is 1. The fourth-order valence-electron chi connectivity index (χ4n) is 2.53. The standard InChI is InChI=1S/C17H22N2O4/c1-11(2)8-14(17(21)22)18-16(20)10-19-7-6-12-9-13(23-3)4-5-15(12)19/h4-7,9,11,14H,8,10H2,1-3H3,(H,18,20)(H,21,22)/t14-/m0/s1. The number of aromatic nitrogens is 1. The summed E-state index contributed by atoms with van der Waals surface area (Å²) in [5, 5.41) is 12.7. The molecule has 0 saturated heterocycles. The first-order valence-corrected chi connectivity index (χ1v) is 7.55. The predicted octanol–water partition coefficient (Wildman–Crippen LogP) is 2.27. The smallest absolute Gasteiger partial charge is 0.326 e. The minimum Gasteiger partial charge on any atom is -0.497 e. The second-order valence-corrected chi connectivity index (χ2v) is 5.96. The third-order valence-corrected chi connectivity index (χ3v) is 3.63. The molecule has 1 amide bonds. The Hall–Kier alpha value is -2.50. The Morgan fingerprint density at radius 2 is 2.04 bits per heavy atom. The molecule has 0 aliphatic carbocycles. The van der Waals surface area contributed by atoms with Crippen LogP contribution in [-0.4, -0.2) is 34.7 Å². The van der Waals surface area contributed by atoms with Gasteiger partial charge in [0, 0.05) is 17.1 Å². The summed E-state index contributed by atoms with van der Waals surface area (Å²) < 4.78 is 6.96. The summed E-state index contributed by atoms with van der Waals surface area (Å²) >= 11 is 0. The van der Waals surface area contributed by atoms with Gasteiger partial charge in [-0.2, -0.15) is 0 Å². The number of carboxylic acids is 1. The van der Waals surface area contributed by atoms with Gasteiger partial charge < -0.3 is 19.7 Å². The van der Waals surface area contributed by atoms with Crippen LogP contribution in [0.2, 0.25) is 0 Å². The fourth-order valence-corrected chi connectivity index (χ4v) is 2.53. The first-order chi connectivity index (χ1) is 10.9. The number of aliphatic carboxylic acids is 1. The van der Waals surface area contributed by atoms with Crippen LogP contribution in [0.3, 0.4) is 0 Å². The molecule has 0 aliphatic rings. The van der Waals surface area contributed by atoms with Gasteiger partial charge in [0.15, 0.2) is 0 Å². The number of carbonyl (C=O) groups is 2. The van der Waals surface area contributed by atoms with Gasteiger partial charge in [-0.1, -0.05) is 13.8 Å².